The van der Waals surface area contributed by atoms with Crippen LogP contribution in [0.1, 0.15) is 36.9 Å². The van der Waals surface area contributed by atoms with Crippen molar-refractivity contribution in [2.75, 3.05) is 0 Å². The van der Waals surface area contributed by atoms with E-state index in [1.165, 1.54) is 0 Å². The summed E-state index contributed by atoms with van der Waals surface area (Å²) in [6.45, 7) is 4.33. The maximum absolute atomic E-state index is 10.7. The van der Waals surface area contributed by atoms with Crippen molar-refractivity contribution < 1.29 is 9.90 Å². The van der Waals surface area contributed by atoms with Gasteiger partial charge in [-0.25, -0.2) is 4.98 Å². The molecule has 2 unspecified atom stereocenters. The highest BCUT2D eigenvalue weighted by Crippen LogP contribution is 2.48. The Balaban J connectivity index is 2.00. The lowest BCUT2D eigenvalue weighted by Gasteiger charge is -1.98. The third-order valence-corrected chi connectivity index (χ3v) is 3.64. The summed E-state index contributed by atoms with van der Waals surface area (Å²) in [4.78, 5) is 15.2. The monoisotopic (exact) mass is 225 g/mol. The molecular formula is C11H15NO2S. The molecule has 0 bridgehead atoms. The predicted octanol–water partition coefficient (Wildman–Crippen LogP) is 2.53. The number of carboxylic acid groups (broad SMARTS) is 1. The van der Waals surface area contributed by atoms with E-state index in [4.69, 9.17) is 5.11 Å². The molecule has 0 aliphatic heterocycles. The van der Waals surface area contributed by atoms with E-state index in [2.05, 4.69) is 24.2 Å². The number of carbonyl (C=O) groups is 1. The molecule has 1 N–H and O–H groups in total. The van der Waals surface area contributed by atoms with E-state index < -0.39 is 5.97 Å². The normalized spacial score (nSPS) is 24.5. The second-order valence-corrected chi connectivity index (χ2v) is 5.45. The number of aliphatic carboxylic acids is 1. The standard InChI is InChI=1S/C11H15NO2S/c1-6(2)3-7-5-15-10(12-7)8-4-9(8)11(13)14/h5-6,8-9H,3-4H2,1-2H3,(H,13,14). The molecule has 1 fully saturated rings. The van der Waals surface area contributed by atoms with Gasteiger partial charge in [0.2, 0.25) is 0 Å². The van der Waals surface area contributed by atoms with Crippen LogP contribution < -0.4 is 0 Å². The van der Waals surface area contributed by atoms with Crippen LogP contribution in [-0.2, 0) is 11.2 Å². The zero-order valence-corrected chi connectivity index (χ0v) is 9.75. The van der Waals surface area contributed by atoms with Crippen molar-refractivity contribution in [3.63, 3.8) is 0 Å². The van der Waals surface area contributed by atoms with Crippen LogP contribution in [0.15, 0.2) is 5.38 Å². The highest BCUT2D eigenvalue weighted by molar-refractivity contribution is 7.09. The van der Waals surface area contributed by atoms with Crippen LogP contribution in [0.3, 0.4) is 0 Å². The molecule has 4 heteroatoms. The molecule has 2 rings (SSSR count). The molecule has 1 saturated carbocycles. The first-order chi connectivity index (χ1) is 7.08. The summed E-state index contributed by atoms with van der Waals surface area (Å²) < 4.78 is 0. The van der Waals surface area contributed by atoms with Gasteiger partial charge in [0.1, 0.15) is 0 Å². The van der Waals surface area contributed by atoms with E-state index in [-0.39, 0.29) is 11.8 Å². The van der Waals surface area contributed by atoms with Crippen molar-refractivity contribution >= 4 is 17.3 Å². The summed E-state index contributed by atoms with van der Waals surface area (Å²) in [5, 5.41) is 11.9. The Labute approximate surface area is 93.2 Å². The Hall–Kier alpha value is -0.900. The second kappa shape index (κ2) is 3.93. The third kappa shape index (κ3) is 2.37. The number of nitrogens with zero attached hydrogens (tertiary/aromatic N) is 1. The fraction of sp³-hybridized carbons (Fsp3) is 0.636. The molecule has 1 aliphatic carbocycles. The van der Waals surface area contributed by atoms with E-state index in [0.29, 0.717) is 5.92 Å². The molecule has 1 aromatic heterocycles. The van der Waals surface area contributed by atoms with Gasteiger partial charge in [-0.05, 0) is 18.8 Å². The fourth-order valence-electron chi connectivity index (χ4n) is 1.75. The number of hydrogen-bond acceptors (Lipinski definition) is 3. The minimum atomic E-state index is -0.680. The van der Waals surface area contributed by atoms with Crippen molar-refractivity contribution in [1.82, 2.24) is 4.98 Å². The van der Waals surface area contributed by atoms with Gasteiger partial charge in [-0.3, -0.25) is 4.79 Å². The first kappa shape index (κ1) is 10.6. The molecule has 0 amide bonds. The highest BCUT2D eigenvalue weighted by Gasteiger charge is 2.46. The maximum Gasteiger partial charge on any atom is 0.307 e. The average molecular weight is 225 g/mol. The van der Waals surface area contributed by atoms with E-state index in [0.717, 1.165) is 23.5 Å². The number of hydrogen-bond donors (Lipinski definition) is 1. The fourth-order valence-corrected chi connectivity index (χ4v) is 2.76. The van der Waals surface area contributed by atoms with Crippen molar-refractivity contribution in [2.24, 2.45) is 11.8 Å². The Kier molecular flexibility index (Phi) is 2.78. The van der Waals surface area contributed by atoms with Crippen LogP contribution in [0, 0.1) is 11.8 Å². The summed E-state index contributed by atoms with van der Waals surface area (Å²) >= 11 is 1.61. The Morgan fingerprint density at radius 3 is 3.00 bits per heavy atom. The van der Waals surface area contributed by atoms with Gasteiger partial charge in [-0.15, -0.1) is 11.3 Å². The first-order valence-corrected chi connectivity index (χ1v) is 6.13. The van der Waals surface area contributed by atoms with Gasteiger partial charge in [0.05, 0.1) is 16.6 Å². The Morgan fingerprint density at radius 2 is 2.47 bits per heavy atom. The number of aromatic nitrogens is 1. The summed E-state index contributed by atoms with van der Waals surface area (Å²) in [6.07, 6.45) is 1.75. The topological polar surface area (TPSA) is 50.2 Å². The highest BCUT2D eigenvalue weighted by atomic mass is 32.1. The van der Waals surface area contributed by atoms with Gasteiger partial charge < -0.3 is 5.11 Å². The quantitative estimate of drug-likeness (QED) is 0.856. The van der Waals surface area contributed by atoms with Crippen molar-refractivity contribution in [1.29, 1.82) is 0 Å². The first-order valence-electron chi connectivity index (χ1n) is 5.25. The lowest BCUT2D eigenvalue weighted by Crippen LogP contribution is -1.99. The average Bonchev–Trinajstić information content (AvgIpc) is 2.81. The van der Waals surface area contributed by atoms with E-state index in [1.807, 2.05) is 0 Å². The molecule has 1 aliphatic rings. The van der Waals surface area contributed by atoms with Crippen molar-refractivity contribution in [3.8, 4) is 0 Å². The Bertz CT molecular complexity index is 372. The minimum absolute atomic E-state index is 0.178. The number of rotatable bonds is 4. The van der Waals surface area contributed by atoms with Gasteiger partial charge in [-0.1, -0.05) is 13.8 Å². The summed E-state index contributed by atoms with van der Waals surface area (Å²) in [7, 11) is 0. The molecule has 0 saturated heterocycles. The number of thiazole rings is 1. The lowest BCUT2D eigenvalue weighted by atomic mass is 10.1. The molecule has 1 aromatic rings. The molecule has 82 valence electrons. The molecule has 3 nitrogen and oxygen atoms in total. The Morgan fingerprint density at radius 1 is 1.73 bits per heavy atom. The van der Waals surface area contributed by atoms with Crippen molar-refractivity contribution in [2.45, 2.75) is 32.6 Å². The second-order valence-electron chi connectivity index (χ2n) is 4.56. The summed E-state index contributed by atoms with van der Waals surface area (Å²) in [6, 6.07) is 0. The molecule has 2 atom stereocenters. The van der Waals surface area contributed by atoms with Crippen LogP contribution in [0.4, 0.5) is 0 Å². The van der Waals surface area contributed by atoms with Crippen LogP contribution in [-0.4, -0.2) is 16.1 Å². The summed E-state index contributed by atoms with van der Waals surface area (Å²) in [5.74, 6) is -0.0634. The number of carboxylic acids is 1. The van der Waals surface area contributed by atoms with Crippen LogP contribution >= 0.6 is 11.3 Å². The van der Waals surface area contributed by atoms with Crippen LogP contribution in [0.25, 0.3) is 0 Å². The van der Waals surface area contributed by atoms with Gasteiger partial charge in [0.25, 0.3) is 0 Å². The molecule has 1 heterocycles. The molecule has 15 heavy (non-hydrogen) atoms. The third-order valence-electron chi connectivity index (χ3n) is 2.61. The van der Waals surface area contributed by atoms with Crippen molar-refractivity contribution in [3.05, 3.63) is 16.1 Å². The van der Waals surface area contributed by atoms with E-state index in [1.54, 1.807) is 11.3 Å². The van der Waals surface area contributed by atoms with Gasteiger partial charge in [-0.2, -0.15) is 0 Å². The SMILES string of the molecule is CC(C)Cc1csc(C2CC2C(=O)O)n1. The minimum Gasteiger partial charge on any atom is -0.481 e. The predicted molar refractivity (Wildman–Crippen MR) is 59.1 cm³/mol. The summed E-state index contributed by atoms with van der Waals surface area (Å²) in [5.41, 5.74) is 1.11. The smallest absolute Gasteiger partial charge is 0.307 e. The molecule has 0 aromatic carbocycles. The zero-order chi connectivity index (χ0) is 11.0. The maximum atomic E-state index is 10.7. The van der Waals surface area contributed by atoms with E-state index in [9.17, 15) is 4.79 Å². The molecular weight excluding hydrogens is 210 g/mol. The van der Waals surface area contributed by atoms with Gasteiger partial charge in [0, 0.05) is 11.3 Å². The van der Waals surface area contributed by atoms with Crippen LogP contribution in [0.5, 0.6) is 0 Å². The lowest BCUT2D eigenvalue weighted by molar-refractivity contribution is -0.138. The van der Waals surface area contributed by atoms with Gasteiger partial charge >= 0.3 is 5.97 Å². The van der Waals surface area contributed by atoms with E-state index >= 15 is 0 Å². The van der Waals surface area contributed by atoms with Crippen LogP contribution in [0.2, 0.25) is 0 Å². The molecule has 0 radical (unpaired) electrons. The van der Waals surface area contributed by atoms with Gasteiger partial charge in [0.15, 0.2) is 0 Å². The largest absolute Gasteiger partial charge is 0.481 e. The zero-order valence-electron chi connectivity index (χ0n) is 8.93. The molecule has 0 spiro atoms.